The summed E-state index contributed by atoms with van der Waals surface area (Å²) in [7, 11) is 4.16. The van der Waals surface area contributed by atoms with E-state index in [0.29, 0.717) is 111 Å². The van der Waals surface area contributed by atoms with Gasteiger partial charge in [-0.05, 0) is 288 Å². The van der Waals surface area contributed by atoms with Gasteiger partial charge in [0.2, 0.25) is 0 Å². The van der Waals surface area contributed by atoms with Gasteiger partial charge in [0.05, 0.1) is 72.1 Å². The summed E-state index contributed by atoms with van der Waals surface area (Å²) in [5.74, 6) is 7.38. The molecule has 0 amide bonds. The van der Waals surface area contributed by atoms with Crippen molar-refractivity contribution < 1.29 is 86.7 Å². The quantitative estimate of drug-likeness (QED) is 0.0185. The molecule has 0 saturated heterocycles. The first-order chi connectivity index (χ1) is 55.5. The van der Waals surface area contributed by atoms with Gasteiger partial charge in [-0.25, -0.2) is 4.79 Å². The van der Waals surface area contributed by atoms with Crippen molar-refractivity contribution in [3.63, 3.8) is 0 Å². The third-order valence-electron chi connectivity index (χ3n) is 20.3. The molecule has 3 saturated carbocycles. The second-order valence-electron chi connectivity index (χ2n) is 33.8. The largest absolute Gasteiger partial charge is 0.494 e. The Hall–Kier alpha value is -9.06. The molecule has 9 rings (SSSR count). The molecule has 0 bridgehead atoms. The molecule has 2 atom stereocenters. The van der Waals surface area contributed by atoms with Crippen LogP contribution in [-0.4, -0.2) is 112 Å². The fourth-order valence-electron chi connectivity index (χ4n) is 14.0. The molecule has 642 valence electrons. The Morgan fingerprint density at radius 2 is 0.552 bits per heavy atom. The fraction of sp³-hybridized carbons (Fsp3) is 0.571. The van der Waals surface area contributed by atoms with Crippen LogP contribution in [0, 0.1) is 71.0 Å². The number of carbonyl (C=O) groups excluding carboxylic acids is 3. The van der Waals surface area contributed by atoms with Crippen molar-refractivity contribution in [1.82, 2.24) is 0 Å². The van der Waals surface area contributed by atoms with Crippen LogP contribution in [0.5, 0.6) is 34.5 Å². The highest BCUT2D eigenvalue weighted by Crippen LogP contribution is 2.33. The number of ether oxygens (including phenoxy) is 9. The van der Waals surface area contributed by atoms with Crippen LogP contribution in [0.3, 0.4) is 0 Å². The molecule has 0 spiro atoms. The van der Waals surface area contributed by atoms with Crippen LogP contribution in [-0.2, 0) is 81.5 Å². The summed E-state index contributed by atoms with van der Waals surface area (Å²) in [6, 6.07) is 49.2. The van der Waals surface area contributed by atoms with Gasteiger partial charge in [-0.3, -0.25) is 24.0 Å². The molecular weight excluding hydrogens is 1470 g/mol. The van der Waals surface area contributed by atoms with E-state index in [9.17, 15) is 28.8 Å². The zero-order chi connectivity index (χ0) is 85.2. The Balaban J connectivity index is 0.000000294. The highest BCUT2D eigenvalue weighted by molar-refractivity contribution is 5.72. The highest BCUT2D eigenvalue weighted by atomic mass is 16.6. The number of aliphatic carboxylic acids is 3. The molecule has 0 aromatic heterocycles. The highest BCUT2D eigenvalue weighted by Gasteiger charge is 2.29. The van der Waals surface area contributed by atoms with Crippen molar-refractivity contribution in [1.29, 1.82) is 0 Å². The fourth-order valence-corrected chi connectivity index (χ4v) is 14.0. The Labute approximate surface area is 695 Å². The van der Waals surface area contributed by atoms with Gasteiger partial charge in [-0.1, -0.05) is 162 Å². The molecule has 116 heavy (non-hydrogen) atoms. The van der Waals surface area contributed by atoms with E-state index in [1.165, 1.54) is 54.7 Å². The SMILES string of the molecule is CC(C)Cc1ccc(OCC2CCC(C(=O)O)CC2)cc1.CC(C)Cc1ccc(OCC2CCC(C(=O)O)CC2)cc1.CC(C)Cc1ccc(OC[C@@H]2CCC[C@H](C(=O)O)C2)cc1.COC(=O)CCCCOc1ccc(CC(C)C)cc1.COC(=O)CCCOc1ccc(CC(C)C)cc1.COC(=O)COc1ccc(CC(C)C)cc1. The number of carboxylic acid groups (broad SMARTS) is 3. The van der Waals surface area contributed by atoms with Gasteiger partial charge in [-0.15, -0.1) is 0 Å². The Kier molecular flexibility index (Phi) is 48.9. The number of methoxy groups -OCH3 is 3. The van der Waals surface area contributed by atoms with E-state index in [1.807, 2.05) is 84.9 Å². The van der Waals surface area contributed by atoms with Crippen molar-refractivity contribution in [2.24, 2.45) is 71.0 Å². The maximum Gasteiger partial charge on any atom is 0.343 e. The smallest absolute Gasteiger partial charge is 0.343 e. The van der Waals surface area contributed by atoms with Crippen LogP contribution in [0.2, 0.25) is 0 Å². The Morgan fingerprint density at radius 1 is 0.293 bits per heavy atom. The predicted octanol–water partition coefficient (Wildman–Crippen LogP) is 21.7. The van der Waals surface area contributed by atoms with Crippen LogP contribution in [0.4, 0.5) is 0 Å². The molecule has 0 aliphatic heterocycles. The van der Waals surface area contributed by atoms with Gasteiger partial charge in [-0.2, -0.15) is 0 Å². The molecule has 3 N–H and O–H groups in total. The number of carbonyl (C=O) groups is 6. The van der Waals surface area contributed by atoms with Crippen molar-refractivity contribution >= 4 is 35.8 Å². The normalized spacial score (nSPS) is 16.8. The lowest BCUT2D eigenvalue weighted by Gasteiger charge is -2.26. The second-order valence-corrected chi connectivity index (χ2v) is 33.8. The summed E-state index contributed by atoms with van der Waals surface area (Å²) in [6.45, 7) is 29.7. The van der Waals surface area contributed by atoms with E-state index in [0.717, 1.165) is 157 Å². The molecule has 0 unspecified atom stereocenters. The summed E-state index contributed by atoms with van der Waals surface area (Å²) in [5, 5.41) is 27.1. The number of hydrogen-bond acceptors (Lipinski definition) is 15. The van der Waals surface area contributed by atoms with Gasteiger partial charge in [0, 0.05) is 12.8 Å². The number of carboxylic acids is 3. The van der Waals surface area contributed by atoms with E-state index in [4.69, 9.17) is 43.7 Å². The topological polar surface area (TPSA) is 246 Å². The molecular formula is C98H142O18. The summed E-state index contributed by atoms with van der Waals surface area (Å²) >= 11 is 0. The van der Waals surface area contributed by atoms with Crippen molar-refractivity contribution in [3.8, 4) is 34.5 Å². The minimum atomic E-state index is -0.655. The number of benzene rings is 6. The monoisotopic (exact) mass is 1610 g/mol. The minimum Gasteiger partial charge on any atom is -0.494 e. The predicted molar refractivity (Wildman–Crippen MR) is 461 cm³/mol. The summed E-state index contributed by atoms with van der Waals surface area (Å²) in [5.41, 5.74) is 7.97. The molecule has 0 radical (unpaired) electrons. The summed E-state index contributed by atoms with van der Waals surface area (Å²) in [4.78, 5) is 65.5. The Bertz CT molecular complexity index is 3540. The van der Waals surface area contributed by atoms with E-state index >= 15 is 0 Å². The zero-order valence-electron chi connectivity index (χ0n) is 72.8. The lowest BCUT2D eigenvalue weighted by molar-refractivity contribution is -0.144. The van der Waals surface area contributed by atoms with Crippen LogP contribution in [0.25, 0.3) is 0 Å². The van der Waals surface area contributed by atoms with Crippen LogP contribution >= 0.6 is 0 Å². The van der Waals surface area contributed by atoms with E-state index < -0.39 is 17.9 Å². The molecule has 0 heterocycles. The van der Waals surface area contributed by atoms with Gasteiger partial charge in [0.1, 0.15) is 34.5 Å². The first kappa shape index (κ1) is 99.3. The first-order valence-electron chi connectivity index (χ1n) is 42.7. The first-order valence-corrected chi connectivity index (χ1v) is 42.7. The molecule has 18 nitrogen and oxygen atoms in total. The van der Waals surface area contributed by atoms with E-state index in [2.05, 4.69) is 158 Å². The maximum absolute atomic E-state index is 11.1. The molecule has 6 aromatic rings. The number of hydrogen-bond donors (Lipinski definition) is 3. The molecule has 3 fully saturated rings. The standard InChI is InChI=1S/3C18H26O3.C16H24O3.C15H22O3.C13H18O3/c2*1-13(2)11-14-5-9-17(10-6-14)21-12-15-3-7-16(8-4-15)18(19)20;1-13(2)10-14-6-8-17(9-7-14)21-12-15-4-3-5-16(11-15)18(19)20;1-13(2)12-14-7-9-15(10-8-14)19-11-5-4-6-16(17)18-3;1-12(2)11-13-6-8-14(9-7-13)18-10-4-5-15(16)17-3;1-10(2)8-11-4-6-12(7-5-11)16-9-13(14)15-3/h2*5-6,9-10,13,15-16H,3-4,7-8,11-12H2,1-2H3,(H,19,20);6-9,13,15-16H,3-5,10-12H2,1-2H3,(H,19,20);7-10,13H,4-6,11-12H2,1-3H3;6-9,12H,4-5,10-11H2,1-3H3;4-7,10H,8-9H2,1-3H3/t;;15-,16+;;;/m..1.../s1. The van der Waals surface area contributed by atoms with Crippen LogP contribution in [0.1, 0.15) is 226 Å². The zero-order valence-corrected chi connectivity index (χ0v) is 72.8. The average Bonchev–Trinajstić information content (AvgIpc) is 0.888. The molecule has 3 aliphatic rings. The van der Waals surface area contributed by atoms with Gasteiger partial charge in [0.15, 0.2) is 6.61 Å². The number of unbranched alkanes of at least 4 members (excludes halogenated alkanes) is 1. The van der Waals surface area contributed by atoms with Crippen LogP contribution in [0.15, 0.2) is 146 Å². The maximum atomic E-state index is 11.1. The van der Waals surface area contributed by atoms with Gasteiger partial charge in [0.25, 0.3) is 0 Å². The summed E-state index contributed by atoms with van der Waals surface area (Å²) < 4.78 is 47.6. The van der Waals surface area contributed by atoms with Crippen molar-refractivity contribution in [2.45, 2.75) is 231 Å². The van der Waals surface area contributed by atoms with Gasteiger partial charge >= 0.3 is 35.8 Å². The van der Waals surface area contributed by atoms with E-state index in [1.54, 1.807) is 0 Å². The molecule has 6 aromatic carbocycles. The van der Waals surface area contributed by atoms with Crippen LogP contribution < -0.4 is 28.4 Å². The number of esters is 3. The third kappa shape index (κ3) is 45.4. The van der Waals surface area contributed by atoms with E-state index in [-0.39, 0.29) is 42.3 Å². The lowest BCUT2D eigenvalue weighted by atomic mass is 9.82. The second kappa shape index (κ2) is 57.1. The molecule has 3 aliphatic carbocycles. The minimum absolute atomic E-state index is 0.0416. The summed E-state index contributed by atoms with van der Waals surface area (Å²) in [6.07, 6.45) is 20.4. The van der Waals surface area contributed by atoms with Crippen molar-refractivity contribution in [3.05, 3.63) is 179 Å². The number of rotatable bonds is 38. The third-order valence-corrected chi connectivity index (χ3v) is 20.3. The Morgan fingerprint density at radius 3 is 0.828 bits per heavy atom. The average molecular weight is 1610 g/mol. The van der Waals surface area contributed by atoms with Crippen molar-refractivity contribution in [2.75, 3.05) is 61.0 Å². The van der Waals surface area contributed by atoms with Gasteiger partial charge < -0.3 is 58.0 Å². The molecule has 18 heteroatoms. The lowest BCUT2D eigenvalue weighted by Crippen LogP contribution is -2.25.